The maximum Gasteiger partial charge on any atom is 0.152 e. The maximum atomic E-state index is 5.92. The van der Waals surface area contributed by atoms with Crippen LogP contribution in [0.15, 0.2) is 6.33 Å². The van der Waals surface area contributed by atoms with E-state index in [0.29, 0.717) is 13.2 Å². The van der Waals surface area contributed by atoms with Crippen LogP contribution in [-0.4, -0.2) is 26.9 Å². The molecule has 0 spiro atoms. The van der Waals surface area contributed by atoms with Crippen molar-refractivity contribution >= 4 is 0 Å². The lowest BCUT2D eigenvalue weighted by atomic mass is 9.97. The Bertz CT molecular complexity index is 298. The second kappa shape index (κ2) is 5.96. The van der Waals surface area contributed by atoms with Crippen molar-refractivity contribution in [2.45, 2.75) is 52.4 Å². The van der Waals surface area contributed by atoms with Crippen LogP contribution in [0.3, 0.4) is 0 Å². The molecule has 0 radical (unpaired) electrons. The zero-order valence-electron chi connectivity index (χ0n) is 10.4. The number of ether oxygens (including phenoxy) is 1. The molecule has 1 aromatic heterocycles. The van der Waals surface area contributed by atoms with Crippen molar-refractivity contribution in [2.75, 3.05) is 6.54 Å². The van der Waals surface area contributed by atoms with Gasteiger partial charge in [-0.2, -0.15) is 5.10 Å². The van der Waals surface area contributed by atoms with Crippen molar-refractivity contribution in [3.63, 3.8) is 0 Å². The van der Waals surface area contributed by atoms with Crippen LogP contribution in [0.2, 0.25) is 0 Å². The Kier molecular flexibility index (Phi) is 4.89. The van der Waals surface area contributed by atoms with Gasteiger partial charge >= 0.3 is 0 Å². The molecule has 16 heavy (non-hydrogen) atoms. The SMILES string of the molecule is CCn1ncnc1COC(CC)(CC)CN. The molecule has 0 amide bonds. The smallest absolute Gasteiger partial charge is 0.152 e. The molecule has 0 saturated carbocycles. The van der Waals surface area contributed by atoms with Gasteiger partial charge < -0.3 is 10.5 Å². The molecule has 0 saturated heterocycles. The van der Waals surface area contributed by atoms with Crippen LogP contribution in [0.4, 0.5) is 0 Å². The lowest BCUT2D eigenvalue weighted by molar-refractivity contribution is -0.0590. The summed E-state index contributed by atoms with van der Waals surface area (Å²) in [6, 6.07) is 0. The molecule has 0 unspecified atom stereocenters. The highest BCUT2D eigenvalue weighted by Gasteiger charge is 2.25. The van der Waals surface area contributed by atoms with E-state index in [1.54, 1.807) is 6.33 Å². The van der Waals surface area contributed by atoms with E-state index in [4.69, 9.17) is 10.5 Å². The van der Waals surface area contributed by atoms with Crippen LogP contribution >= 0.6 is 0 Å². The first kappa shape index (κ1) is 13.1. The topological polar surface area (TPSA) is 66.0 Å². The highest BCUT2D eigenvalue weighted by molar-refractivity contribution is 4.85. The Labute approximate surface area is 97.0 Å². The summed E-state index contributed by atoms with van der Waals surface area (Å²) >= 11 is 0. The van der Waals surface area contributed by atoms with Gasteiger partial charge in [0.2, 0.25) is 0 Å². The standard InChI is InChI=1S/C11H22N4O/c1-4-11(5-2,8-12)16-7-10-13-9-14-15(10)6-3/h9H,4-8,12H2,1-3H3. The fourth-order valence-electron chi connectivity index (χ4n) is 1.68. The average molecular weight is 226 g/mol. The molecule has 0 aromatic carbocycles. The van der Waals surface area contributed by atoms with E-state index in [9.17, 15) is 0 Å². The van der Waals surface area contributed by atoms with Crippen LogP contribution in [-0.2, 0) is 17.9 Å². The van der Waals surface area contributed by atoms with Gasteiger partial charge in [0.25, 0.3) is 0 Å². The van der Waals surface area contributed by atoms with E-state index in [1.165, 1.54) is 0 Å². The minimum absolute atomic E-state index is 0.218. The monoisotopic (exact) mass is 226 g/mol. The normalized spacial score (nSPS) is 12.0. The van der Waals surface area contributed by atoms with Crippen molar-refractivity contribution in [3.05, 3.63) is 12.2 Å². The number of aromatic nitrogens is 3. The van der Waals surface area contributed by atoms with E-state index in [0.717, 1.165) is 25.2 Å². The molecule has 0 aliphatic carbocycles. The Morgan fingerprint density at radius 3 is 2.56 bits per heavy atom. The van der Waals surface area contributed by atoms with E-state index in [-0.39, 0.29) is 5.60 Å². The first-order valence-electron chi connectivity index (χ1n) is 5.92. The Morgan fingerprint density at radius 2 is 2.06 bits per heavy atom. The molecule has 92 valence electrons. The van der Waals surface area contributed by atoms with Gasteiger partial charge in [-0.05, 0) is 19.8 Å². The first-order chi connectivity index (χ1) is 7.71. The Balaban J connectivity index is 2.62. The molecule has 0 fully saturated rings. The second-order valence-electron chi connectivity index (χ2n) is 3.87. The highest BCUT2D eigenvalue weighted by atomic mass is 16.5. The summed E-state index contributed by atoms with van der Waals surface area (Å²) < 4.78 is 7.76. The molecule has 1 aromatic rings. The van der Waals surface area contributed by atoms with Gasteiger partial charge in [0.05, 0.1) is 5.60 Å². The van der Waals surface area contributed by atoms with Gasteiger partial charge in [0.1, 0.15) is 12.9 Å². The van der Waals surface area contributed by atoms with Gasteiger partial charge in [-0.15, -0.1) is 0 Å². The third-order valence-electron chi connectivity index (χ3n) is 3.16. The molecule has 1 rings (SSSR count). The summed E-state index contributed by atoms with van der Waals surface area (Å²) in [4.78, 5) is 4.18. The summed E-state index contributed by atoms with van der Waals surface area (Å²) in [6.45, 7) is 8.06. The van der Waals surface area contributed by atoms with Crippen molar-refractivity contribution in [1.29, 1.82) is 0 Å². The average Bonchev–Trinajstić information content (AvgIpc) is 2.79. The lowest BCUT2D eigenvalue weighted by Gasteiger charge is -2.30. The van der Waals surface area contributed by atoms with Gasteiger partial charge in [-0.3, -0.25) is 0 Å². The number of nitrogens with zero attached hydrogens (tertiary/aromatic N) is 3. The molecule has 1 heterocycles. The van der Waals surface area contributed by atoms with Crippen LogP contribution in [0.25, 0.3) is 0 Å². The Hall–Kier alpha value is -0.940. The predicted octanol–water partition coefficient (Wildman–Crippen LogP) is 1.33. The quantitative estimate of drug-likeness (QED) is 0.761. The summed E-state index contributed by atoms with van der Waals surface area (Å²) in [5.74, 6) is 0.863. The third kappa shape index (κ3) is 2.80. The van der Waals surface area contributed by atoms with Crippen LogP contribution < -0.4 is 5.73 Å². The highest BCUT2D eigenvalue weighted by Crippen LogP contribution is 2.20. The van der Waals surface area contributed by atoms with Crippen LogP contribution in [0, 0.1) is 0 Å². The number of nitrogens with two attached hydrogens (primary N) is 1. The fraction of sp³-hybridized carbons (Fsp3) is 0.818. The summed E-state index contributed by atoms with van der Waals surface area (Å²) in [6.07, 6.45) is 3.39. The van der Waals surface area contributed by atoms with Crippen LogP contribution in [0.5, 0.6) is 0 Å². The zero-order valence-corrected chi connectivity index (χ0v) is 10.4. The molecule has 2 N–H and O–H groups in total. The summed E-state index contributed by atoms with van der Waals surface area (Å²) in [5, 5.41) is 4.11. The van der Waals surface area contributed by atoms with Gasteiger partial charge in [-0.1, -0.05) is 13.8 Å². The fourth-order valence-corrected chi connectivity index (χ4v) is 1.68. The molecule has 5 nitrogen and oxygen atoms in total. The molecule has 5 heteroatoms. The number of hydrogen-bond acceptors (Lipinski definition) is 4. The lowest BCUT2D eigenvalue weighted by Crippen LogP contribution is -2.39. The van der Waals surface area contributed by atoms with Gasteiger partial charge in [-0.25, -0.2) is 9.67 Å². The third-order valence-corrected chi connectivity index (χ3v) is 3.16. The zero-order chi connectivity index (χ0) is 12.0. The summed E-state index contributed by atoms with van der Waals surface area (Å²) in [7, 11) is 0. The summed E-state index contributed by atoms with van der Waals surface area (Å²) in [5.41, 5.74) is 5.55. The number of hydrogen-bond donors (Lipinski definition) is 1. The molecule has 0 aliphatic rings. The van der Waals surface area contributed by atoms with E-state index in [1.807, 2.05) is 11.6 Å². The van der Waals surface area contributed by atoms with Crippen molar-refractivity contribution in [2.24, 2.45) is 5.73 Å². The van der Waals surface area contributed by atoms with Gasteiger partial charge in [0.15, 0.2) is 5.82 Å². The number of rotatable bonds is 7. The van der Waals surface area contributed by atoms with Crippen molar-refractivity contribution in [3.8, 4) is 0 Å². The molecule has 0 aliphatic heterocycles. The first-order valence-corrected chi connectivity index (χ1v) is 5.92. The Morgan fingerprint density at radius 1 is 1.38 bits per heavy atom. The van der Waals surface area contributed by atoms with Crippen molar-refractivity contribution in [1.82, 2.24) is 14.8 Å². The van der Waals surface area contributed by atoms with Crippen LogP contribution in [0.1, 0.15) is 39.4 Å². The molecule has 0 bridgehead atoms. The molecular formula is C11H22N4O. The minimum Gasteiger partial charge on any atom is -0.366 e. The number of aryl methyl sites for hydroxylation is 1. The predicted molar refractivity (Wildman–Crippen MR) is 62.9 cm³/mol. The molecular weight excluding hydrogens is 204 g/mol. The minimum atomic E-state index is -0.218. The van der Waals surface area contributed by atoms with Crippen molar-refractivity contribution < 1.29 is 4.74 Å². The largest absolute Gasteiger partial charge is 0.366 e. The van der Waals surface area contributed by atoms with E-state index >= 15 is 0 Å². The van der Waals surface area contributed by atoms with Gasteiger partial charge in [0, 0.05) is 13.1 Å². The van der Waals surface area contributed by atoms with E-state index < -0.39 is 0 Å². The molecule has 0 atom stereocenters. The second-order valence-corrected chi connectivity index (χ2v) is 3.87. The van der Waals surface area contributed by atoms with E-state index in [2.05, 4.69) is 23.9 Å². The maximum absolute atomic E-state index is 5.92.